The van der Waals surface area contributed by atoms with Gasteiger partial charge in [-0.3, -0.25) is 20.0 Å². The Kier molecular flexibility index (Phi) is 9.53. The number of hydrogen-bond donors (Lipinski definition) is 4. The summed E-state index contributed by atoms with van der Waals surface area (Å²) in [5.41, 5.74) is -0.596. The number of anilines is 3. The summed E-state index contributed by atoms with van der Waals surface area (Å²) in [6.45, 7) is 0. The van der Waals surface area contributed by atoms with Crippen molar-refractivity contribution >= 4 is 46.8 Å². The maximum Gasteiger partial charge on any atom is 0.413 e. The quantitative estimate of drug-likeness (QED) is 0.278. The molecule has 3 amide bonds. The number of nitriles is 1. The summed E-state index contributed by atoms with van der Waals surface area (Å²) in [6.07, 6.45) is -1.47. The molecule has 0 aliphatic carbocycles. The zero-order valence-corrected chi connectivity index (χ0v) is 23.7. The fraction of sp³-hybridized carbons (Fsp3) is 0.172. The molecule has 0 unspecified atom stereocenters. The number of phenolic OH excluding ortho intramolecular Hbond substituents is 1. The van der Waals surface area contributed by atoms with Gasteiger partial charge in [-0.05, 0) is 42.5 Å². The molecule has 0 bridgehead atoms. The Morgan fingerprint density at radius 3 is 2.12 bits per heavy atom. The van der Waals surface area contributed by atoms with Gasteiger partial charge < -0.3 is 29.7 Å². The molecular weight excluding hydrogens is 562 g/mol. The molecule has 3 aromatic carbocycles. The lowest BCUT2D eigenvalue weighted by atomic mass is 9.95. The first-order valence-corrected chi connectivity index (χ1v) is 12.2. The first kappa shape index (κ1) is 31.4. The van der Waals surface area contributed by atoms with Gasteiger partial charge in [0.1, 0.15) is 17.2 Å². The second-order valence-corrected chi connectivity index (χ2v) is 8.84. The minimum absolute atomic E-state index is 0.0482. The van der Waals surface area contributed by atoms with Gasteiger partial charge >= 0.3 is 18.2 Å². The largest absolute Gasteiger partial charge is 0.507 e. The molecule has 0 atom stereocenters. The summed E-state index contributed by atoms with van der Waals surface area (Å²) in [5.74, 6) is -2.77. The molecule has 14 heteroatoms. The lowest BCUT2D eigenvalue weighted by Gasteiger charge is -2.23. The summed E-state index contributed by atoms with van der Waals surface area (Å²) in [7, 11) is 6.61. The number of nitrogens with one attached hydrogen (secondary N) is 2. The third-order valence-electron chi connectivity index (χ3n) is 6.36. The number of aromatic hydroxyl groups is 1. The van der Waals surface area contributed by atoms with E-state index in [0.717, 1.165) is 24.1 Å². The highest BCUT2D eigenvalue weighted by molar-refractivity contribution is 6.48. The molecule has 3 rings (SSSR count). The second kappa shape index (κ2) is 13.0. The molecule has 0 aliphatic rings. The Bertz CT molecular complexity index is 1680. The topological polar surface area (TPSA) is 203 Å². The van der Waals surface area contributed by atoms with Crippen LogP contribution in [0.1, 0.15) is 21.5 Å². The molecule has 43 heavy (non-hydrogen) atoms. The van der Waals surface area contributed by atoms with E-state index in [0.29, 0.717) is 11.3 Å². The molecule has 0 spiro atoms. The van der Waals surface area contributed by atoms with Crippen molar-refractivity contribution < 1.29 is 43.6 Å². The van der Waals surface area contributed by atoms with Crippen LogP contribution < -0.4 is 19.9 Å². The highest BCUT2D eigenvalue weighted by atomic mass is 16.5. The molecule has 0 radical (unpaired) electrons. The van der Waals surface area contributed by atoms with E-state index < -0.39 is 35.5 Å². The first-order chi connectivity index (χ1) is 20.4. The van der Waals surface area contributed by atoms with Crippen molar-refractivity contribution in [3.63, 3.8) is 0 Å². The summed E-state index contributed by atoms with van der Waals surface area (Å²) in [6, 6.07) is 12.5. The number of carbonyl (C=O) groups is 4. The number of ether oxygens (including phenoxy) is 3. The average molecular weight is 590 g/mol. The fourth-order valence-electron chi connectivity index (χ4n) is 4.07. The maximum absolute atomic E-state index is 13.1. The Labute approximate surface area is 245 Å². The van der Waals surface area contributed by atoms with E-state index in [1.165, 1.54) is 51.4 Å². The lowest BCUT2D eigenvalue weighted by molar-refractivity contribution is -0.110. The number of methoxy groups -OCH3 is 3. The molecule has 14 nitrogen and oxygen atoms in total. The van der Waals surface area contributed by atoms with Gasteiger partial charge in [-0.25, -0.2) is 14.4 Å². The van der Waals surface area contributed by atoms with E-state index in [4.69, 9.17) is 24.9 Å². The predicted molar refractivity (Wildman–Crippen MR) is 155 cm³/mol. The fourth-order valence-corrected chi connectivity index (χ4v) is 4.07. The van der Waals surface area contributed by atoms with E-state index in [1.54, 1.807) is 18.2 Å². The van der Waals surface area contributed by atoms with Crippen LogP contribution >= 0.6 is 0 Å². The smallest absolute Gasteiger partial charge is 0.413 e. The summed E-state index contributed by atoms with van der Waals surface area (Å²) in [5, 5.41) is 40.4. The Morgan fingerprint density at radius 1 is 0.884 bits per heavy atom. The number of rotatable bonds is 8. The Hall–Kier alpha value is -6.10. The third-order valence-corrected chi connectivity index (χ3v) is 6.36. The molecule has 0 saturated heterocycles. The normalized spacial score (nSPS) is 10.1. The maximum atomic E-state index is 13.1. The van der Waals surface area contributed by atoms with E-state index in [-0.39, 0.29) is 39.4 Å². The number of carboxylic acids is 1. The van der Waals surface area contributed by atoms with E-state index in [1.807, 2.05) is 6.07 Å². The number of hydrogen-bond acceptors (Lipinski definition) is 10. The highest BCUT2D eigenvalue weighted by Crippen LogP contribution is 2.42. The molecule has 222 valence electrons. The van der Waals surface area contributed by atoms with Crippen LogP contribution in [0.3, 0.4) is 0 Å². The molecular formula is C29H27N5O9. The number of amides is 3. The number of nitrogens with zero attached hydrogens (tertiary/aromatic N) is 3. The van der Waals surface area contributed by atoms with Crippen LogP contribution in [0, 0.1) is 16.7 Å². The molecule has 0 aromatic heterocycles. The van der Waals surface area contributed by atoms with Gasteiger partial charge in [0.15, 0.2) is 0 Å². The molecule has 4 N–H and O–H groups in total. The van der Waals surface area contributed by atoms with E-state index in [2.05, 4.69) is 5.32 Å². The molecule has 0 saturated carbocycles. The van der Waals surface area contributed by atoms with Gasteiger partial charge in [-0.15, -0.1) is 0 Å². The van der Waals surface area contributed by atoms with Crippen LogP contribution in [-0.4, -0.2) is 75.4 Å². The Morgan fingerprint density at radius 2 is 1.53 bits per heavy atom. The number of benzene rings is 3. The van der Waals surface area contributed by atoms with Crippen molar-refractivity contribution in [1.29, 1.82) is 10.7 Å². The van der Waals surface area contributed by atoms with E-state index in [9.17, 15) is 29.4 Å². The zero-order valence-electron chi connectivity index (χ0n) is 23.7. The summed E-state index contributed by atoms with van der Waals surface area (Å²) < 4.78 is 15.1. The summed E-state index contributed by atoms with van der Waals surface area (Å²) in [4.78, 5) is 51.8. The molecule has 3 aromatic rings. The number of carboxylic acid groups (broad SMARTS) is 1. The predicted octanol–water partition coefficient (Wildman–Crippen LogP) is 4.05. The lowest BCUT2D eigenvalue weighted by Crippen LogP contribution is -2.27. The van der Waals surface area contributed by atoms with Gasteiger partial charge in [-0.1, -0.05) is 0 Å². The van der Waals surface area contributed by atoms with Crippen molar-refractivity contribution in [2.24, 2.45) is 0 Å². The van der Waals surface area contributed by atoms with Crippen LogP contribution in [0.4, 0.5) is 26.7 Å². The number of phenols is 1. The monoisotopic (exact) mass is 589 g/mol. The first-order valence-electron chi connectivity index (χ1n) is 12.2. The van der Waals surface area contributed by atoms with Crippen molar-refractivity contribution in [1.82, 2.24) is 0 Å². The average Bonchev–Trinajstić information content (AvgIpc) is 3.02. The van der Waals surface area contributed by atoms with Gasteiger partial charge in [0, 0.05) is 42.5 Å². The minimum Gasteiger partial charge on any atom is -0.507 e. The van der Waals surface area contributed by atoms with Crippen molar-refractivity contribution in [3.05, 3.63) is 65.2 Å². The SMILES string of the molecule is COC(=O)N(C)c1ccc(OC)c(-c2cc(C(=N)C(=O)Nc3ccc(C#N)cc3C(=O)O)c(O)cc2N(C)C(=O)OC)c1. The molecule has 0 aliphatic heterocycles. The zero-order chi connectivity index (χ0) is 32.0. The van der Waals surface area contributed by atoms with Gasteiger partial charge in [-0.2, -0.15) is 5.26 Å². The second-order valence-electron chi connectivity index (χ2n) is 8.84. The number of carbonyl (C=O) groups excluding carboxylic acids is 3. The van der Waals surface area contributed by atoms with Crippen molar-refractivity contribution in [2.45, 2.75) is 0 Å². The molecule has 0 fully saturated rings. The molecule has 0 heterocycles. The van der Waals surface area contributed by atoms with Gasteiger partial charge in [0.2, 0.25) is 0 Å². The third kappa shape index (κ3) is 6.46. The Balaban J connectivity index is 2.20. The van der Waals surface area contributed by atoms with Crippen LogP contribution in [0.5, 0.6) is 11.5 Å². The van der Waals surface area contributed by atoms with Crippen molar-refractivity contribution in [3.8, 4) is 28.7 Å². The van der Waals surface area contributed by atoms with Gasteiger partial charge in [0.05, 0.1) is 49.9 Å². The van der Waals surface area contributed by atoms with Crippen LogP contribution in [0.25, 0.3) is 11.1 Å². The van der Waals surface area contributed by atoms with Gasteiger partial charge in [0.25, 0.3) is 5.91 Å². The van der Waals surface area contributed by atoms with E-state index >= 15 is 0 Å². The number of aromatic carboxylic acids is 1. The van der Waals surface area contributed by atoms with Crippen molar-refractivity contribution in [2.75, 3.05) is 50.5 Å². The van der Waals surface area contributed by atoms with Crippen LogP contribution in [0.2, 0.25) is 0 Å². The summed E-state index contributed by atoms with van der Waals surface area (Å²) >= 11 is 0. The van der Waals surface area contributed by atoms with Crippen LogP contribution in [0.15, 0.2) is 48.5 Å². The highest BCUT2D eigenvalue weighted by Gasteiger charge is 2.26. The minimum atomic E-state index is -1.41. The standard InChI is InChI=1S/C29H27N5O9/c1-33(28(39)42-4)16-7-9-24(41-3)18(11-16)17-12-20(23(35)13-22(17)34(2)29(40)43-5)25(31)26(36)32-21-8-6-15(14-30)10-19(21)27(37)38/h6-13,31,35H,1-5H3,(H,32,36)(H,37,38). The van der Waals surface area contributed by atoms with Crippen LogP contribution in [-0.2, 0) is 14.3 Å².